The number of pyridine rings is 2. The Labute approximate surface area is 172 Å². The van der Waals surface area contributed by atoms with E-state index in [1.807, 2.05) is 24.4 Å². The van der Waals surface area contributed by atoms with Gasteiger partial charge in [0.15, 0.2) is 0 Å². The molecule has 0 saturated heterocycles. The van der Waals surface area contributed by atoms with Crippen LogP contribution in [0, 0.1) is 0 Å². The minimum absolute atomic E-state index is 0.0109. The van der Waals surface area contributed by atoms with E-state index in [1.165, 1.54) is 11.1 Å². The molecule has 0 bridgehead atoms. The number of nitrogens with zero attached hydrogens (tertiary/aromatic N) is 2. The van der Waals surface area contributed by atoms with Crippen molar-refractivity contribution in [2.24, 2.45) is 0 Å². The number of phenolic OH excluding ortho intramolecular Hbond substituents is 1. The summed E-state index contributed by atoms with van der Waals surface area (Å²) in [5.41, 5.74) is 5.71. The van der Waals surface area contributed by atoms with Gasteiger partial charge in [-0.2, -0.15) is 0 Å². The molecule has 29 heavy (non-hydrogen) atoms. The van der Waals surface area contributed by atoms with E-state index in [-0.39, 0.29) is 16.6 Å². The molecule has 0 saturated carbocycles. The summed E-state index contributed by atoms with van der Waals surface area (Å²) < 4.78 is 0. The van der Waals surface area contributed by atoms with Crippen molar-refractivity contribution in [2.45, 2.75) is 52.4 Å². The summed E-state index contributed by atoms with van der Waals surface area (Å²) in [4.78, 5) is 9.75. The quantitative estimate of drug-likeness (QED) is 0.369. The van der Waals surface area contributed by atoms with Gasteiger partial charge in [-0.1, -0.05) is 65.8 Å². The minimum Gasteiger partial charge on any atom is -0.507 e. The van der Waals surface area contributed by atoms with Crippen LogP contribution in [0.15, 0.2) is 54.7 Å². The zero-order valence-corrected chi connectivity index (χ0v) is 18.0. The summed E-state index contributed by atoms with van der Waals surface area (Å²) in [6.45, 7) is 13.3. The first-order chi connectivity index (χ1) is 13.6. The van der Waals surface area contributed by atoms with Crippen LogP contribution in [0.2, 0.25) is 0 Å². The Bertz CT molecular complexity index is 1230. The second-order valence-electron chi connectivity index (χ2n) is 9.79. The second kappa shape index (κ2) is 6.55. The first kappa shape index (κ1) is 19.4. The third-order valence-electron chi connectivity index (χ3n) is 5.49. The third kappa shape index (κ3) is 3.35. The van der Waals surface area contributed by atoms with Gasteiger partial charge in [0.2, 0.25) is 0 Å². The van der Waals surface area contributed by atoms with Gasteiger partial charge in [-0.3, -0.25) is 4.98 Å². The molecule has 3 nitrogen and oxygen atoms in total. The molecule has 0 aliphatic heterocycles. The lowest BCUT2D eigenvalue weighted by Gasteiger charge is -2.24. The summed E-state index contributed by atoms with van der Waals surface area (Å²) in [7, 11) is 0. The Balaban J connectivity index is 2.16. The summed E-state index contributed by atoms with van der Waals surface area (Å²) >= 11 is 0. The summed E-state index contributed by atoms with van der Waals surface area (Å²) in [6, 6.07) is 15.9. The molecule has 0 fully saturated rings. The highest BCUT2D eigenvalue weighted by Gasteiger charge is 2.23. The Morgan fingerprint density at radius 2 is 1.34 bits per heavy atom. The number of hydrogen-bond acceptors (Lipinski definition) is 3. The largest absolute Gasteiger partial charge is 0.507 e. The van der Waals surface area contributed by atoms with E-state index < -0.39 is 0 Å². The van der Waals surface area contributed by atoms with Gasteiger partial charge < -0.3 is 5.11 Å². The maximum absolute atomic E-state index is 10.4. The fourth-order valence-electron chi connectivity index (χ4n) is 4.00. The summed E-state index contributed by atoms with van der Waals surface area (Å²) in [5.74, 6) is 0.239. The average molecular weight is 385 g/mol. The van der Waals surface area contributed by atoms with E-state index in [1.54, 1.807) is 6.07 Å². The van der Waals surface area contributed by atoms with Gasteiger partial charge >= 0.3 is 0 Å². The van der Waals surface area contributed by atoms with E-state index in [9.17, 15) is 5.11 Å². The highest BCUT2D eigenvalue weighted by Crippen LogP contribution is 2.39. The van der Waals surface area contributed by atoms with Crippen molar-refractivity contribution in [3.05, 3.63) is 65.9 Å². The molecular formula is C26H28N2O. The molecule has 0 unspecified atom stereocenters. The second-order valence-corrected chi connectivity index (χ2v) is 9.79. The monoisotopic (exact) mass is 384 g/mol. The molecule has 0 amide bonds. The molecule has 0 atom stereocenters. The van der Waals surface area contributed by atoms with Gasteiger partial charge in [-0.05, 0) is 46.2 Å². The molecule has 4 rings (SSSR count). The van der Waals surface area contributed by atoms with Crippen molar-refractivity contribution >= 4 is 21.8 Å². The summed E-state index contributed by atoms with van der Waals surface area (Å²) in [6.07, 6.45) is 1.88. The predicted octanol–water partition coefficient (Wildman–Crippen LogP) is 6.75. The zero-order chi connectivity index (χ0) is 21.0. The fraction of sp³-hybridized carbons (Fsp3) is 0.308. The van der Waals surface area contributed by atoms with Gasteiger partial charge in [0.05, 0.1) is 16.7 Å². The average Bonchev–Trinajstić information content (AvgIpc) is 2.65. The van der Waals surface area contributed by atoms with Crippen LogP contribution in [0.5, 0.6) is 5.75 Å². The molecule has 0 aliphatic rings. The van der Waals surface area contributed by atoms with Gasteiger partial charge in [0.1, 0.15) is 5.75 Å². The maximum atomic E-state index is 10.4. The van der Waals surface area contributed by atoms with Gasteiger partial charge in [-0.25, -0.2) is 4.98 Å². The van der Waals surface area contributed by atoms with E-state index in [0.717, 1.165) is 33.1 Å². The van der Waals surface area contributed by atoms with Crippen LogP contribution in [0.25, 0.3) is 33.1 Å². The highest BCUT2D eigenvalue weighted by atomic mass is 16.3. The van der Waals surface area contributed by atoms with E-state index in [2.05, 4.69) is 65.8 Å². The number of aromatic hydroxyl groups is 1. The number of fused-ring (bicyclic) bond motifs is 3. The first-order valence-corrected chi connectivity index (χ1v) is 10.1. The lowest BCUT2D eigenvalue weighted by atomic mass is 9.82. The number of hydrogen-bond donors (Lipinski definition) is 1. The van der Waals surface area contributed by atoms with Crippen LogP contribution in [0.3, 0.4) is 0 Å². The number of rotatable bonds is 1. The maximum Gasteiger partial charge on any atom is 0.124 e. The minimum atomic E-state index is -0.0738. The van der Waals surface area contributed by atoms with Gasteiger partial charge in [-0.15, -0.1) is 0 Å². The van der Waals surface area contributed by atoms with E-state index >= 15 is 0 Å². The number of phenols is 1. The van der Waals surface area contributed by atoms with E-state index in [4.69, 9.17) is 9.97 Å². The number of benzene rings is 2. The number of aromatic nitrogens is 2. The van der Waals surface area contributed by atoms with Gasteiger partial charge in [0.25, 0.3) is 0 Å². The Morgan fingerprint density at radius 3 is 1.97 bits per heavy atom. The molecule has 4 aromatic rings. The molecule has 2 aromatic heterocycles. The fourth-order valence-corrected chi connectivity index (χ4v) is 4.00. The van der Waals surface area contributed by atoms with Crippen molar-refractivity contribution in [3.8, 4) is 17.0 Å². The zero-order valence-electron chi connectivity index (χ0n) is 18.0. The molecule has 148 valence electrons. The molecule has 0 radical (unpaired) electrons. The molecule has 2 heterocycles. The molecule has 2 aromatic carbocycles. The Morgan fingerprint density at radius 1 is 0.724 bits per heavy atom. The topological polar surface area (TPSA) is 46.0 Å². The first-order valence-electron chi connectivity index (χ1n) is 10.1. The van der Waals surface area contributed by atoms with Crippen LogP contribution < -0.4 is 0 Å². The summed E-state index contributed by atoms with van der Waals surface area (Å²) in [5, 5.41) is 12.7. The van der Waals surface area contributed by atoms with Crippen LogP contribution in [-0.4, -0.2) is 15.1 Å². The standard InChI is InChI=1S/C26H28N2O/c1-25(2,3)19-13-14-27-23-16(19)11-12-17-20(26(4,5)6)15-21(28-24(17)23)18-9-7-8-10-22(18)29/h7-15,29H,1-6H3. The number of para-hydroxylation sites is 1. The lowest BCUT2D eigenvalue weighted by Crippen LogP contribution is -2.14. The highest BCUT2D eigenvalue weighted by molar-refractivity contribution is 6.06. The molecule has 0 aliphatic carbocycles. The Hall–Kier alpha value is -2.94. The third-order valence-corrected chi connectivity index (χ3v) is 5.49. The van der Waals surface area contributed by atoms with Gasteiger partial charge in [0, 0.05) is 22.5 Å². The molecular weight excluding hydrogens is 356 g/mol. The van der Waals surface area contributed by atoms with Crippen molar-refractivity contribution < 1.29 is 5.11 Å². The molecule has 3 heteroatoms. The van der Waals surface area contributed by atoms with Crippen molar-refractivity contribution in [3.63, 3.8) is 0 Å². The SMILES string of the molecule is CC(C)(C)c1ccnc2c1ccc1c(C(C)(C)C)cc(-c3ccccc3O)nc12. The lowest BCUT2D eigenvalue weighted by molar-refractivity contribution is 0.477. The normalized spacial score (nSPS) is 12.6. The smallest absolute Gasteiger partial charge is 0.124 e. The van der Waals surface area contributed by atoms with Crippen molar-refractivity contribution in [1.82, 2.24) is 9.97 Å². The van der Waals surface area contributed by atoms with Crippen molar-refractivity contribution in [2.75, 3.05) is 0 Å². The van der Waals surface area contributed by atoms with E-state index in [0.29, 0.717) is 0 Å². The molecule has 1 N–H and O–H groups in total. The van der Waals surface area contributed by atoms with Crippen LogP contribution in [0.1, 0.15) is 52.7 Å². The van der Waals surface area contributed by atoms with Crippen molar-refractivity contribution in [1.29, 1.82) is 0 Å². The molecule has 0 spiro atoms. The van der Waals surface area contributed by atoms with Crippen LogP contribution in [0.4, 0.5) is 0 Å². The van der Waals surface area contributed by atoms with Crippen LogP contribution >= 0.6 is 0 Å². The Kier molecular flexibility index (Phi) is 4.38. The predicted molar refractivity (Wildman–Crippen MR) is 122 cm³/mol. The van der Waals surface area contributed by atoms with Crippen LogP contribution in [-0.2, 0) is 10.8 Å².